The molecule has 0 aromatic carbocycles. The first kappa shape index (κ1) is 93.1. The maximum absolute atomic E-state index is 13.1. The zero-order valence-corrected chi connectivity index (χ0v) is 64.1. The van der Waals surface area contributed by atoms with E-state index in [4.69, 9.17) is 37.0 Å². The Kier molecular flexibility index (Phi) is 64.0. The summed E-state index contributed by atoms with van der Waals surface area (Å²) in [4.78, 5) is 72.8. The molecule has 3 unspecified atom stereocenters. The standard InChI is InChI=1S/C76H148O17P2/c1-9-69(8)55-47-39-30-24-18-12-10-11-13-19-26-32-42-50-58-75(80)93-72(63-87-74(79)57-49-41-35-34-38-46-54-68(6)7)65-91-95(84,85)89-61-70(77)60-88-94(82,83)90-64-71(92-76(81)59-51-43-33-27-21-15-17-23-29-37-45-53-67(4)5)62-86-73(78)56-48-40-31-25-20-14-16-22-28-36-44-52-66(2)3/h66-72,77H,9-65H2,1-8H3,(H,82,83)(H,84,85)/t69?,70-,71-,72-/m1/s1. The van der Waals surface area contributed by atoms with E-state index in [2.05, 4.69) is 55.4 Å². The van der Waals surface area contributed by atoms with E-state index in [1.54, 1.807) is 0 Å². The van der Waals surface area contributed by atoms with Crippen molar-refractivity contribution >= 4 is 39.5 Å². The van der Waals surface area contributed by atoms with Crippen molar-refractivity contribution in [2.45, 2.75) is 401 Å². The zero-order chi connectivity index (χ0) is 70.3. The second-order valence-corrected chi connectivity index (χ2v) is 32.0. The second kappa shape index (κ2) is 65.4. The van der Waals surface area contributed by atoms with Crippen LogP contribution in [0, 0.1) is 23.7 Å². The number of ether oxygens (including phenoxy) is 4. The molecule has 0 aliphatic heterocycles. The highest BCUT2D eigenvalue weighted by Gasteiger charge is 2.30. The Labute approximate surface area is 581 Å². The quantitative estimate of drug-likeness (QED) is 0.0222. The highest BCUT2D eigenvalue weighted by Crippen LogP contribution is 2.45. The van der Waals surface area contributed by atoms with Gasteiger partial charge >= 0.3 is 39.5 Å². The lowest BCUT2D eigenvalue weighted by atomic mass is 9.99. The van der Waals surface area contributed by atoms with Gasteiger partial charge in [0, 0.05) is 25.7 Å². The molecule has 0 heterocycles. The number of hydrogen-bond acceptors (Lipinski definition) is 15. The number of phosphoric acid groups is 2. The van der Waals surface area contributed by atoms with Crippen LogP contribution in [-0.4, -0.2) is 96.7 Å². The normalized spacial score (nSPS) is 14.4. The van der Waals surface area contributed by atoms with Gasteiger partial charge in [0.25, 0.3) is 0 Å². The van der Waals surface area contributed by atoms with Crippen molar-refractivity contribution < 1.29 is 80.2 Å². The Balaban J connectivity index is 5.23. The van der Waals surface area contributed by atoms with Crippen molar-refractivity contribution in [3.05, 3.63) is 0 Å². The molecule has 0 fully saturated rings. The van der Waals surface area contributed by atoms with Gasteiger partial charge in [0.2, 0.25) is 0 Å². The molecule has 6 atom stereocenters. The number of hydrogen-bond donors (Lipinski definition) is 3. The number of phosphoric ester groups is 2. The third-order valence-corrected chi connectivity index (χ3v) is 19.8. The zero-order valence-electron chi connectivity index (χ0n) is 62.3. The number of carbonyl (C=O) groups excluding carboxylic acids is 4. The molecule has 0 aliphatic carbocycles. The highest BCUT2D eigenvalue weighted by molar-refractivity contribution is 7.47. The van der Waals surface area contributed by atoms with E-state index < -0.39 is 97.5 Å². The first-order valence-electron chi connectivity index (χ1n) is 39.2. The monoisotopic (exact) mass is 1400 g/mol. The summed E-state index contributed by atoms with van der Waals surface area (Å²) in [5.41, 5.74) is 0. The van der Waals surface area contributed by atoms with Gasteiger partial charge in [0.05, 0.1) is 26.4 Å². The Morgan fingerprint density at radius 3 is 0.747 bits per heavy atom. The van der Waals surface area contributed by atoms with E-state index in [9.17, 15) is 43.2 Å². The fourth-order valence-corrected chi connectivity index (χ4v) is 13.1. The van der Waals surface area contributed by atoms with Gasteiger partial charge in [0.15, 0.2) is 12.2 Å². The molecule has 0 saturated carbocycles. The fraction of sp³-hybridized carbons (Fsp3) is 0.947. The second-order valence-electron chi connectivity index (χ2n) is 29.1. The van der Waals surface area contributed by atoms with Crippen LogP contribution in [0.2, 0.25) is 0 Å². The minimum atomic E-state index is -4.96. The molecule has 0 bridgehead atoms. The van der Waals surface area contributed by atoms with E-state index in [-0.39, 0.29) is 25.7 Å². The van der Waals surface area contributed by atoms with Crippen molar-refractivity contribution in [1.82, 2.24) is 0 Å². The summed E-state index contributed by atoms with van der Waals surface area (Å²) in [6, 6.07) is 0. The van der Waals surface area contributed by atoms with Crippen LogP contribution in [0.15, 0.2) is 0 Å². The summed E-state index contributed by atoms with van der Waals surface area (Å²) < 4.78 is 68.5. The predicted molar refractivity (Wildman–Crippen MR) is 386 cm³/mol. The highest BCUT2D eigenvalue weighted by atomic mass is 31.2. The summed E-state index contributed by atoms with van der Waals surface area (Å²) in [7, 11) is -9.91. The molecule has 19 heteroatoms. The lowest BCUT2D eigenvalue weighted by Gasteiger charge is -2.21. The van der Waals surface area contributed by atoms with Gasteiger partial charge in [-0.15, -0.1) is 0 Å². The first-order chi connectivity index (χ1) is 45.6. The molecule has 0 amide bonds. The molecule has 0 saturated heterocycles. The van der Waals surface area contributed by atoms with Gasteiger partial charge in [-0.2, -0.15) is 0 Å². The molecular weight excluding hydrogens is 1250 g/mol. The maximum atomic E-state index is 13.1. The number of rotatable bonds is 73. The molecule has 0 radical (unpaired) electrons. The number of carbonyl (C=O) groups is 4. The van der Waals surface area contributed by atoms with Crippen molar-refractivity contribution in [3.63, 3.8) is 0 Å². The van der Waals surface area contributed by atoms with Crippen LogP contribution in [0.1, 0.15) is 383 Å². The molecule has 0 aromatic heterocycles. The molecule has 95 heavy (non-hydrogen) atoms. The molecule has 0 aliphatic rings. The molecule has 3 N–H and O–H groups in total. The average molecular weight is 1400 g/mol. The van der Waals surface area contributed by atoms with Gasteiger partial charge in [-0.1, -0.05) is 331 Å². The number of aliphatic hydroxyl groups is 1. The van der Waals surface area contributed by atoms with Crippen molar-refractivity contribution in [2.75, 3.05) is 39.6 Å². The maximum Gasteiger partial charge on any atom is 0.472 e. The Morgan fingerprint density at radius 1 is 0.295 bits per heavy atom. The van der Waals surface area contributed by atoms with Crippen LogP contribution in [0.25, 0.3) is 0 Å². The van der Waals surface area contributed by atoms with Crippen LogP contribution >= 0.6 is 15.6 Å². The van der Waals surface area contributed by atoms with Crippen molar-refractivity contribution in [2.24, 2.45) is 23.7 Å². The minimum Gasteiger partial charge on any atom is -0.462 e. The molecular formula is C76H148O17P2. The Hall–Kier alpha value is -1.94. The van der Waals surface area contributed by atoms with Crippen LogP contribution in [0.3, 0.4) is 0 Å². The fourth-order valence-electron chi connectivity index (χ4n) is 11.5. The average Bonchev–Trinajstić information content (AvgIpc) is 1.49. The third-order valence-electron chi connectivity index (χ3n) is 17.9. The first-order valence-corrected chi connectivity index (χ1v) is 42.2. The van der Waals surface area contributed by atoms with Crippen LogP contribution in [0.4, 0.5) is 0 Å². The topological polar surface area (TPSA) is 237 Å². The van der Waals surface area contributed by atoms with E-state index >= 15 is 0 Å². The van der Waals surface area contributed by atoms with Crippen molar-refractivity contribution in [3.8, 4) is 0 Å². The Bertz CT molecular complexity index is 1870. The van der Waals surface area contributed by atoms with E-state index in [1.807, 2.05) is 0 Å². The Morgan fingerprint density at radius 2 is 0.505 bits per heavy atom. The summed E-state index contributed by atoms with van der Waals surface area (Å²) in [6.45, 7) is 14.2. The molecule has 0 rings (SSSR count). The van der Waals surface area contributed by atoms with Gasteiger partial charge in [-0.3, -0.25) is 37.3 Å². The molecule has 564 valence electrons. The van der Waals surface area contributed by atoms with Crippen LogP contribution in [0.5, 0.6) is 0 Å². The summed E-state index contributed by atoms with van der Waals surface area (Å²) >= 11 is 0. The predicted octanol–water partition coefficient (Wildman–Crippen LogP) is 22.0. The van der Waals surface area contributed by atoms with Crippen molar-refractivity contribution in [1.29, 1.82) is 0 Å². The van der Waals surface area contributed by atoms with Gasteiger partial charge in [0.1, 0.15) is 19.3 Å². The third kappa shape index (κ3) is 69.0. The van der Waals surface area contributed by atoms with Gasteiger partial charge < -0.3 is 33.8 Å². The summed E-state index contributed by atoms with van der Waals surface area (Å²) in [5, 5.41) is 10.6. The minimum absolute atomic E-state index is 0.106. The number of esters is 4. The lowest BCUT2D eigenvalue weighted by molar-refractivity contribution is -0.161. The smallest absolute Gasteiger partial charge is 0.462 e. The summed E-state index contributed by atoms with van der Waals surface area (Å²) in [5.74, 6) is 0.939. The summed E-state index contributed by atoms with van der Waals surface area (Å²) in [6.07, 6.45) is 50.0. The van der Waals surface area contributed by atoms with E-state index in [1.165, 1.54) is 180 Å². The van der Waals surface area contributed by atoms with E-state index in [0.29, 0.717) is 31.6 Å². The van der Waals surface area contributed by atoms with Crippen LogP contribution in [-0.2, 0) is 65.4 Å². The van der Waals surface area contributed by atoms with Gasteiger partial charge in [-0.25, -0.2) is 9.13 Å². The SMILES string of the molecule is CCC(C)CCCCCCCCCCCCCCCCC(=O)O[C@H](COC(=O)CCCCCCCCC(C)C)COP(=O)(O)OC[C@H](O)COP(=O)(O)OC[C@@H](COC(=O)CCCCCCCCCCCCCC(C)C)OC(=O)CCCCCCCCCCCCCC(C)C. The molecule has 0 spiro atoms. The number of aliphatic hydroxyl groups excluding tert-OH is 1. The molecule has 17 nitrogen and oxygen atoms in total. The lowest BCUT2D eigenvalue weighted by Crippen LogP contribution is -2.30. The largest absolute Gasteiger partial charge is 0.472 e. The van der Waals surface area contributed by atoms with Gasteiger partial charge in [-0.05, 0) is 49.4 Å². The van der Waals surface area contributed by atoms with Crippen LogP contribution < -0.4 is 0 Å². The molecule has 0 aromatic rings. The number of unbranched alkanes of at least 4 members (excludes halogenated alkanes) is 38. The van der Waals surface area contributed by atoms with E-state index in [0.717, 1.165) is 114 Å².